The highest BCUT2D eigenvalue weighted by atomic mass is 15.3. The Balaban J connectivity index is 3.32. The van der Waals surface area contributed by atoms with Crippen LogP contribution in [-0.4, -0.2) is 13.1 Å². The van der Waals surface area contributed by atoms with Crippen molar-refractivity contribution in [3.8, 4) is 0 Å². The lowest BCUT2D eigenvalue weighted by atomic mass is 10.0. The first kappa shape index (κ1) is 8.92. The highest BCUT2D eigenvalue weighted by Gasteiger charge is 2.06. The van der Waals surface area contributed by atoms with Gasteiger partial charge in [-0.2, -0.15) is 0 Å². The quantitative estimate of drug-likeness (QED) is 0.558. The second kappa shape index (κ2) is 4.77. The van der Waals surface area contributed by atoms with Gasteiger partial charge in [0.15, 0.2) is 0 Å². The molecule has 0 saturated heterocycles. The lowest BCUT2D eigenvalue weighted by Gasteiger charge is -2.18. The first-order chi connectivity index (χ1) is 4.22. The Labute approximate surface area is 58.0 Å². The Morgan fingerprint density at radius 2 is 1.89 bits per heavy atom. The molecule has 9 heavy (non-hydrogen) atoms. The molecule has 0 fully saturated rings. The summed E-state index contributed by atoms with van der Waals surface area (Å²) in [5.74, 6) is 0.748. The van der Waals surface area contributed by atoms with E-state index in [-0.39, 0.29) is 0 Å². The summed E-state index contributed by atoms with van der Waals surface area (Å²) in [5, 5.41) is 0. The summed E-state index contributed by atoms with van der Waals surface area (Å²) in [6, 6.07) is 0.569. The van der Waals surface area contributed by atoms with E-state index in [1.165, 1.54) is 6.42 Å². The summed E-state index contributed by atoms with van der Waals surface area (Å²) in [7, 11) is 1.90. The van der Waals surface area contributed by atoms with Gasteiger partial charge in [-0.05, 0) is 19.9 Å². The van der Waals surface area contributed by atoms with E-state index in [4.69, 9.17) is 0 Å². The topological polar surface area (TPSA) is 24.1 Å². The van der Waals surface area contributed by atoms with E-state index >= 15 is 0 Å². The molecule has 0 aliphatic heterocycles. The maximum absolute atomic E-state index is 3.15. The van der Waals surface area contributed by atoms with Crippen LogP contribution in [0.2, 0.25) is 0 Å². The van der Waals surface area contributed by atoms with Crippen molar-refractivity contribution in [2.75, 3.05) is 7.05 Å². The summed E-state index contributed by atoms with van der Waals surface area (Å²) in [6.45, 7) is 6.64. The molecule has 0 aromatic heterocycles. The fourth-order valence-corrected chi connectivity index (χ4v) is 0.723. The van der Waals surface area contributed by atoms with Gasteiger partial charge in [0.05, 0.1) is 0 Å². The van der Waals surface area contributed by atoms with Gasteiger partial charge >= 0.3 is 0 Å². The van der Waals surface area contributed by atoms with E-state index < -0.39 is 0 Å². The van der Waals surface area contributed by atoms with Crippen molar-refractivity contribution in [3.05, 3.63) is 0 Å². The maximum Gasteiger partial charge on any atom is 0.0210 e. The van der Waals surface area contributed by atoms with Gasteiger partial charge in [-0.3, -0.25) is 10.9 Å². The third-order valence-corrected chi connectivity index (χ3v) is 1.87. The van der Waals surface area contributed by atoms with Crippen LogP contribution in [0.5, 0.6) is 0 Å². The van der Waals surface area contributed by atoms with Crippen molar-refractivity contribution in [1.29, 1.82) is 0 Å². The molecule has 0 spiro atoms. The lowest BCUT2D eigenvalue weighted by molar-refractivity contribution is 0.362. The molecule has 2 nitrogen and oxygen atoms in total. The first-order valence-corrected chi connectivity index (χ1v) is 3.64. The molecule has 0 aromatic rings. The second-order valence-electron chi connectivity index (χ2n) is 2.57. The van der Waals surface area contributed by atoms with Crippen LogP contribution in [0.25, 0.3) is 0 Å². The molecule has 2 atom stereocenters. The fraction of sp³-hybridized carbons (Fsp3) is 1.00. The molecule has 0 heterocycles. The molecule has 0 radical (unpaired) electrons. The summed E-state index contributed by atoms with van der Waals surface area (Å²) in [6.07, 6.45) is 1.23. The first-order valence-electron chi connectivity index (χ1n) is 3.64. The second-order valence-corrected chi connectivity index (χ2v) is 2.57. The van der Waals surface area contributed by atoms with Gasteiger partial charge in [-0.15, -0.1) is 0 Å². The molecule has 0 amide bonds. The smallest absolute Gasteiger partial charge is 0.0210 e. The van der Waals surface area contributed by atoms with E-state index in [1.807, 2.05) is 7.05 Å². The minimum atomic E-state index is 0.569. The molecule has 2 heteroatoms. The van der Waals surface area contributed by atoms with Gasteiger partial charge in [0.1, 0.15) is 0 Å². The normalized spacial score (nSPS) is 17.3. The van der Waals surface area contributed by atoms with E-state index in [9.17, 15) is 0 Å². The summed E-state index contributed by atoms with van der Waals surface area (Å²) in [5.41, 5.74) is 6.08. The van der Waals surface area contributed by atoms with Crippen LogP contribution in [0.15, 0.2) is 0 Å². The van der Waals surface area contributed by atoms with Crippen LogP contribution in [0.1, 0.15) is 27.2 Å². The predicted molar refractivity (Wildman–Crippen MR) is 41.1 cm³/mol. The van der Waals surface area contributed by atoms with Gasteiger partial charge in [-0.1, -0.05) is 20.3 Å². The molecule has 0 bridgehead atoms. The van der Waals surface area contributed by atoms with Crippen molar-refractivity contribution in [1.82, 2.24) is 10.9 Å². The average Bonchev–Trinajstić information content (AvgIpc) is 1.87. The zero-order valence-corrected chi connectivity index (χ0v) is 6.86. The average molecular weight is 130 g/mol. The fourth-order valence-electron chi connectivity index (χ4n) is 0.723. The monoisotopic (exact) mass is 130 g/mol. The van der Waals surface area contributed by atoms with Crippen LogP contribution in [0.4, 0.5) is 0 Å². The van der Waals surface area contributed by atoms with Crippen LogP contribution < -0.4 is 10.9 Å². The number of nitrogens with one attached hydrogen (secondary N) is 2. The molecule has 56 valence electrons. The largest absolute Gasteiger partial charge is 0.261 e. The molecule has 0 aromatic carbocycles. The molecular formula is C7H18N2. The summed E-state index contributed by atoms with van der Waals surface area (Å²) in [4.78, 5) is 0. The van der Waals surface area contributed by atoms with Gasteiger partial charge in [0.2, 0.25) is 0 Å². The molecule has 2 N–H and O–H groups in total. The van der Waals surface area contributed by atoms with E-state index in [0.717, 1.165) is 5.92 Å². The Kier molecular flexibility index (Phi) is 4.72. The van der Waals surface area contributed by atoms with Crippen LogP contribution >= 0.6 is 0 Å². The van der Waals surface area contributed by atoms with Gasteiger partial charge in [0.25, 0.3) is 0 Å². The van der Waals surface area contributed by atoms with Crippen LogP contribution in [-0.2, 0) is 0 Å². The van der Waals surface area contributed by atoms with Crippen molar-refractivity contribution in [3.63, 3.8) is 0 Å². The minimum absolute atomic E-state index is 0.569. The summed E-state index contributed by atoms with van der Waals surface area (Å²) < 4.78 is 0. The molecule has 0 rings (SSSR count). The van der Waals surface area contributed by atoms with Gasteiger partial charge < -0.3 is 0 Å². The van der Waals surface area contributed by atoms with Crippen molar-refractivity contribution >= 4 is 0 Å². The molecule has 0 saturated carbocycles. The number of hydrogen-bond donors (Lipinski definition) is 2. The molecule has 1 unspecified atom stereocenters. The molecular weight excluding hydrogens is 112 g/mol. The SMILES string of the molecule is CCC(C)[C@@H](C)NNC. The van der Waals surface area contributed by atoms with E-state index in [0.29, 0.717) is 6.04 Å². The lowest BCUT2D eigenvalue weighted by Crippen LogP contribution is -2.39. The van der Waals surface area contributed by atoms with Crippen molar-refractivity contribution in [2.24, 2.45) is 5.92 Å². The Hall–Kier alpha value is -0.0800. The molecule has 0 aliphatic rings. The third kappa shape index (κ3) is 3.49. The van der Waals surface area contributed by atoms with Gasteiger partial charge in [-0.25, -0.2) is 0 Å². The number of rotatable bonds is 4. The summed E-state index contributed by atoms with van der Waals surface area (Å²) >= 11 is 0. The highest BCUT2D eigenvalue weighted by molar-refractivity contribution is 4.63. The maximum atomic E-state index is 3.15. The Morgan fingerprint density at radius 1 is 1.33 bits per heavy atom. The van der Waals surface area contributed by atoms with E-state index in [1.54, 1.807) is 0 Å². The number of hydrogen-bond acceptors (Lipinski definition) is 2. The van der Waals surface area contributed by atoms with Crippen LogP contribution in [0.3, 0.4) is 0 Å². The predicted octanol–water partition coefficient (Wildman–Crippen LogP) is 1.14. The Morgan fingerprint density at radius 3 is 2.22 bits per heavy atom. The van der Waals surface area contributed by atoms with Crippen molar-refractivity contribution in [2.45, 2.75) is 33.2 Å². The van der Waals surface area contributed by atoms with Crippen molar-refractivity contribution < 1.29 is 0 Å². The standard InChI is InChI=1S/C7H18N2/c1-5-6(2)7(3)9-8-4/h6-9H,5H2,1-4H3/t6?,7-/m1/s1. The zero-order chi connectivity index (χ0) is 7.28. The Bertz CT molecular complexity index is 63.9. The number of hydrazine groups is 1. The third-order valence-electron chi connectivity index (χ3n) is 1.87. The zero-order valence-electron chi connectivity index (χ0n) is 6.86. The van der Waals surface area contributed by atoms with Gasteiger partial charge in [0, 0.05) is 6.04 Å². The van der Waals surface area contributed by atoms with E-state index in [2.05, 4.69) is 31.6 Å². The minimum Gasteiger partial charge on any atom is -0.261 e. The van der Waals surface area contributed by atoms with Crippen LogP contribution in [0, 0.1) is 5.92 Å². The molecule has 0 aliphatic carbocycles. The highest BCUT2D eigenvalue weighted by Crippen LogP contribution is 2.04.